The fourth-order valence-corrected chi connectivity index (χ4v) is 6.56. The van der Waals surface area contributed by atoms with Gasteiger partial charge in [0.15, 0.2) is 0 Å². The monoisotopic (exact) mass is 682 g/mol. The maximum Gasteiger partial charge on any atom is 0.343 e. The number of carbonyl (C=O) groups is 2. The SMILES string of the molecule is CCCCCCCCc1ccc(C(=O)Oc2ccc(C3=CC=C(c4ccc(OC(=O)c5ccc(CCCCCCCC)cc5)cc4)C3)cc2)cc1. The molecule has 0 fully saturated rings. The quantitative estimate of drug-likeness (QED) is 0.0529. The van der Waals surface area contributed by atoms with E-state index in [4.69, 9.17) is 9.47 Å². The largest absolute Gasteiger partial charge is 0.423 e. The van der Waals surface area contributed by atoms with Crippen LogP contribution in [0.1, 0.15) is 140 Å². The number of rotatable bonds is 20. The summed E-state index contributed by atoms with van der Waals surface area (Å²) in [4.78, 5) is 25.6. The van der Waals surface area contributed by atoms with Crippen LogP contribution < -0.4 is 9.47 Å². The summed E-state index contributed by atoms with van der Waals surface area (Å²) in [6, 6.07) is 31.0. The van der Waals surface area contributed by atoms with Crippen LogP contribution in [0.15, 0.2) is 109 Å². The standard InChI is InChI=1S/C47H54O4/c1-3-5-7-9-11-13-15-36-17-21-40(22-18-36)46(48)50-44-31-27-38(28-32-44)42-25-26-43(35-42)39-29-33-45(34-30-39)51-47(49)41-23-19-37(20-24-41)16-14-12-10-8-6-4-2/h17-34H,3-16,35H2,1-2H3. The molecular weight excluding hydrogens is 629 g/mol. The minimum Gasteiger partial charge on any atom is -0.423 e. The van der Waals surface area contributed by atoms with Gasteiger partial charge in [0.1, 0.15) is 11.5 Å². The summed E-state index contributed by atoms with van der Waals surface area (Å²) in [7, 11) is 0. The lowest BCUT2D eigenvalue weighted by molar-refractivity contribution is 0.0725. The van der Waals surface area contributed by atoms with Gasteiger partial charge in [0, 0.05) is 0 Å². The smallest absolute Gasteiger partial charge is 0.343 e. The third-order valence-electron chi connectivity index (χ3n) is 9.76. The summed E-state index contributed by atoms with van der Waals surface area (Å²) in [6.07, 6.45) is 22.5. The highest BCUT2D eigenvalue weighted by molar-refractivity contribution is 5.92. The number of allylic oxidation sites excluding steroid dienone is 4. The van der Waals surface area contributed by atoms with Crippen LogP contribution in [0, 0.1) is 0 Å². The van der Waals surface area contributed by atoms with Crippen molar-refractivity contribution >= 4 is 23.1 Å². The van der Waals surface area contributed by atoms with Crippen LogP contribution in [0.5, 0.6) is 11.5 Å². The molecule has 0 aliphatic heterocycles. The molecule has 0 amide bonds. The first kappa shape index (κ1) is 37.6. The van der Waals surface area contributed by atoms with Crippen LogP contribution in [0.3, 0.4) is 0 Å². The minimum atomic E-state index is -0.344. The van der Waals surface area contributed by atoms with Crippen molar-refractivity contribution in [2.75, 3.05) is 0 Å². The Kier molecular flexibility index (Phi) is 14.9. The van der Waals surface area contributed by atoms with Gasteiger partial charge in [0.05, 0.1) is 11.1 Å². The lowest BCUT2D eigenvalue weighted by Gasteiger charge is -2.10. The molecule has 1 aliphatic rings. The molecule has 4 aromatic carbocycles. The molecule has 1 aliphatic carbocycles. The van der Waals surface area contributed by atoms with Gasteiger partial charge in [0.25, 0.3) is 0 Å². The van der Waals surface area contributed by atoms with Crippen molar-refractivity contribution in [1.29, 1.82) is 0 Å². The van der Waals surface area contributed by atoms with Crippen LogP contribution >= 0.6 is 0 Å². The van der Waals surface area contributed by atoms with Gasteiger partial charge in [0.2, 0.25) is 0 Å². The summed E-state index contributed by atoms with van der Waals surface area (Å²) >= 11 is 0. The van der Waals surface area contributed by atoms with Gasteiger partial charge in [-0.15, -0.1) is 0 Å². The molecule has 4 aromatic rings. The lowest BCUT2D eigenvalue weighted by atomic mass is 9.99. The van der Waals surface area contributed by atoms with Crippen molar-refractivity contribution in [3.05, 3.63) is 143 Å². The first-order valence-corrected chi connectivity index (χ1v) is 19.2. The average Bonchev–Trinajstić information content (AvgIpc) is 3.66. The number of aryl methyl sites for hydroxylation is 2. The number of esters is 2. The topological polar surface area (TPSA) is 52.6 Å². The lowest BCUT2D eigenvalue weighted by Crippen LogP contribution is -2.08. The Morgan fingerprint density at radius 2 is 0.804 bits per heavy atom. The summed E-state index contributed by atoms with van der Waals surface area (Å²) in [5, 5.41) is 0. The third-order valence-corrected chi connectivity index (χ3v) is 9.76. The Balaban J connectivity index is 1.04. The molecule has 0 heterocycles. The first-order valence-electron chi connectivity index (χ1n) is 19.2. The molecule has 0 bridgehead atoms. The Morgan fingerprint density at radius 1 is 0.451 bits per heavy atom. The molecule has 0 unspecified atom stereocenters. The van der Waals surface area contributed by atoms with Crippen LogP contribution in [-0.2, 0) is 12.8 Å². The molecule has 5 rings (SSSR count). The predicted molar refractivity (Wildman–Crippen MR) is 210 cm³/mol. The normalized spacial score (nSPS) is 12.4. The van der Waals surface area contributed by atoms with Gasteiger partial charge < -0.3 is 9.47 Å². The van der Waals surface area contributed by atoms with Crippen molar-refractivity contribution in [3.63, 3.8) is 0 Å². The molecule has 266 valence electrons. The summed E-state index contributed by atoms with van der Waals surface area (Å²) in [5.41, 5.74) is 8.21. The second-order valence-electron chi connectivity index (χ2n) is 13.8. The fourth-order valence-electron chi connectivity index (χ4n) is 6.56. The zero-order chi connectivity index (χ0) is 35.7. The van der Waals surface area contributed by atoms with Crippen molar-refractivity contribution in [2.24, 2.45) is 0 Å². The molecule has 0 radical (unpaired) electrons. The number of benzene rings is 4. The van der Waals surface area contributed by atoms with E-state index < -0.39 is 0 Å². The van der Waals surface area contributed by atoms with E-state index in [1.165, 1.54) is 99.3 Å². The molecular formula is C47H54O4. The molecule has 0 saturated carbocycles. The molecule has 0 saturated heterocycles. The van der Waals surface area contributed by atoms with Crippen LogP contribution in [0.4, 0.5) is 0 Å². The van der Waals surface area contributed by atoms with Gasteiger partial charge in [-0.25, -0.2) is 9.59 Å². The van der Waals surface area contributed by atoms with Crippen LogP contribution in [0.25, 0.3) is 11.1 Å². The van der Waals surface area contributed by atoms with E-state index in [2.05, 4.69) is 26.0 Å². The Bertz CT molecular complexity index is 1600. The molecule has 0 aromatic heterocycles. The molecule has 51 heavy (non-hydrogen) atoms. The highest BCUT2D eigenvalue weighted by Crippen LogP contribution is 2.35. The number of hydrogen-bond donors (Lipinski definition) is 0. The summed E-state index contributed by atoms with van der Waals surface area (Å²) in [6.45, 7) is 4.48. The number of carbonyl (C=O) groups excluding carboxylic acids is 2. The number of hydrogen-bond acceptors (Lipinski definition) is 4. The second kappa shape index (κ2) is 20.2. The molecule has 0 spiro atoms. The Morgan fingerprint density at radius 3 is 1.18 bits per heavy atom. The van der Waals surface area contributed by atoms with Gasteiger partial charge in [-0.3, -0.25) is 0 Å². The van der Waals surface area contributed by atoms with Crippen molar-refractivity contribution in [1.82, 2.24) is 0 Å². The van der Waals surface area contributed by atoms with E-state index in [9.17, 15) is 9.59 Å². The fraction of sp³-hybridized carbons (Fsp3) is 0.362. The Hall–Kier alpha value is -4.70. The van der Waals surface area contributed by atoms with E-state index in [1.54, 1.807) is 0 Å². The molecule has 0 atom stereocenters. The highest BCUT2D eigenvalue weighted by Gasteiger charge is 2.15. The molecule has 0 N–H and O–H groups in total. The predicted octanol–water partition coefficient (Wildman–Crippen LogP) is 12.8. The Labute approximate surface area is 305 Å². The van der Waals surface area contributed by atoms with E-state index in [0.29, 0.717) is 22.6 Å². The third kappa shape index (κ3) is 12.0. The second-order valence-corrected chi connectivity index (χ2v) is 13.8. The van der Waals surface area contributed by atoms with E-state index in [1.807, 2.05) is 97.1 Å². The van der Waals surface area contributed by atoms with Crippen LogP contribution in [-0.4, -0.2) is 11.9 Å². The van der Waals surface area contributed by atoms with E-state index in [0.717, 1.165) is 30.4 Å². The average molecular weight is 683 g/mol. The molecule has 4 heteroatoms. The zero-order valence-corrected chi connectivity index (χ0v) is 30.6. The summed E-state index contributed by atoms with van der Waals surface area (Å²) < 4.78 is 11.4. The van der Waals surface area contributed by atoms with Gasteiger partial charge in [-0.1, -0.05) is 139 Å². The number of unbranched alkanes of at least 4 members (excludes halogenated alkanes) is 10. The van der Waals surface area contributed by atoms with Crippen molar-refractivity contribution < 1.29 is 19.1 Å². The van der Waals surface area contributed by atoms with E-state index >= 15 is 0 Å². The first-order chi connectivity index (χ1) is 25.0. The van der Waals surface area contributed by atoms with Gasteiger partial charge in [-0.2, -0.15) is 0 Å². The van der Waals surface area contributed by atoms with Gasteiger partial charge in [-0.05, 0) is 114 Å². The van der Waals surface area contributed by atoms with Crippen LogP contribution in [0.2, 0.25) is 0 Å². The van der Waals surface area contributed by atoms with Crippen molar-refractivity contribution in [2.45, 2.75) is 110 Å². The maximum absolute atomic E-state index is 12.8. The maximum atomic E-state index is 12.8. The molecule has 4 nitrogen and oxygen atoms in total. The number of ether oxygens (including phenoxy) is 2. The zero-order valence-electron chi connectivity index (χ0n) is 30.6. The summed E-state index contributed by atoms with van der Waals surface area (Å²) in [5.74, 6) is 0.370. The van der Waals surface area contributed by atoms with Crippen molar-refractivity contribution in [3.8, 4) is 11.5 Å². The highest BCUT2D eigenvalue weighted by atomic mass is 16.5. The van der Waals surface area contributed by atoms with Gasteiger partial charge >= 0.3 is 11.9 Å². The minimum absolute atomic E-state index is 0.344. The van der Waals surface area contributed by atoms with E-state index in [-0.39, 0.29) is 11.9 Å².